The number of halogens is 1. The van der Waals surface area contributed by atoms with Gasteiger partial charge in [-0.2, -0.15) is 5.26 Å². The van der Waals surface area contributed by atoms with Crippen molar-refractivity contribution in [3.63, 3.8) is 0 Å². The molecule has 144 valence electrons. The van der Waals surface area contributed by atoms with Gasteiger partial charge < -0.3 is 14.8 Å². The van der Waals surface area contributed by atoms with Gasteiger partial charge in [0.1, 0.15) is 17.4 Å². The molecule has 0 aliphatic carbocycles. The summed E-state index contributed by atoms with van der Waals surface area (Å²) in [5, 5.41) is 12.2. The highest BCUT2D eigenvalue weighted by atomic mass is 79.9. The van der Waals surface area contributed by atoms with Crippen LogP contribution in [-0.2, 0) is 14.3 Å². The minimum atomic E-state index is -0.494. The van der Waals surface area contributed by atoms with E-state index in [0.717, 1.165) is 5.56 Å². The minimum absolute atomic E-state index is 0.0158. The molecule has 2 aromatic carbocycles. The maximum absolute atomic E-state index is 12.4. The summed E-state index contributed by atoms with van der Waals surface area (Å²) in [5.74, 6) is -0.504. The van der Waals surface area contributed by atoms with Crippen LogP contribution in [0.25, 0.3) is 6.08 Å². The van der Waals surface area contributed by atoms with Crippen molar-refractivity contribution in [2.45, 2.75) is 13.0 Å². The highest BCUT2D eigenvalue weighted by Gasteiger charge is 2.14. The summed E-state index contributed by atoms with van der Waals surface area (Å²) in [4.78, 5) is 23.6. The summed E-state index contributed by atoms with van der Waals surface area (Å²) in [6.45, 7) is 1.64. The third-order valence-electron chi connectivity index (χ3n) is 3.85. The summed E-state index contributed by atoms with van der Waals surface area (Å²) in [6, 6.07) is 16.2. The number of esters is 1. The van der Waals surface area contributed by atoms with Crippen molar-refractivity contribution < 1.29 is 19.1 Å². The van der Waals surface area contributed by atoms with E-state index < -0.39 is 11.9 Å². The monoisotopic (exact) mass is 442 g/mol. The van der Waals surface area contributed by atoms with Gasteiger partial charge in [-0.05, 0) is 52.2 Å². The lowest BCUT2D eigenvalue weighted by Gasteiger charge is -2.14. The summed E-state index contributed by atoms with van der Waals surface area (Å²) >= 11 is 3.35. The molecule has 1 amide bonds. The Labute approximate surface area is 171 Å². The van der Waals surface area contributed by atoms with Crippen LogP contribution in [0.5, 0.6) is 5.75 Å². The Hall–Kier alpha value is -3.11. The zero-order valence-electron chi connectivity index (χ0n) is 15.4. The molecule has 0 saturated carbocycles. The van der Waals surface area contributed by atoms with Crippen LogP contribution in [-0.4, -0.2) is 25.6 Å². The number of ether oxygens (including phenoxy) is 2. The van der Waals surface area contributed by atoms with Crippen molar-refractivity contribution >= 4 is 33.9 Å². The number of nitriles is 1. The fourth-order valence-electron chi connectivity index (χ4n) is 2.33. The second kappa shape index (κ2) is 10.3. The smallest absolute Gasteiger partial charge is 0.343 e. The van der Waals surface area contributed by atoms with Crippen LogP contribution in [0.15, 0.2) is 58.6 Å². The average Bonchev–Trinajstić information content (AvgIpc) is 2.71. The van der Waals surface area contributed by atoms with Gasteiger partial charge in [-0.15, -0.1) is 0 Å². The number of amides is 1. The molecule has 0 aliphatic heterocycles. The first-order valence-electron chi connectivity index (χ1n) is 8.41. The standard InChI is InChI=1S/C21H19BrN2O4/c1-14(16-6-4-3-5-7-16)24-21(26)17(12-23)10-15-8-9-19(18(22)11-15)28-13-20(25)27-2/h3-11,14H,13H2,1-2H3,(H,24,26)/b17-10-/t14-/m1/s1. The number of benzene rings is 2. The molecule has 0 unspecified atom stereocenters. The van der Waals surface area contributed by atoms with E-state index in [9.17, 15) is 14.9 Å². The van der Waals surface area contributed by atoms with Crippen molar-refractivity contribution in [3.05, 3.63) is 69.7 Å². The highest BCUT2D eigenvalue weighted by Crippen LogP contribution is 2.27. The zero-order valence-corrected chi connectivity index (χ0v) is 17.0. The number of nitrogens with zero attached hydrogens (tertiary/aromatic N) is 1. The van der Waals surface area contributed by atoms with Gasteiger partial charge >= 0.3 is 5.97 Å². The van der Waals surface area contributed by atoms with Crippen LogP contribution in [0.3, 0.4) is 0 Å². The van der Waals surface area contributed by atoms with Crippen LogP contribution in [0, 0.1) is 11.3 Å². The molecule has 1 atom stereocenters. The molecule has 0 spiro atoms. The number of nitrogens with one attached hydrogen (secondary N) is 1. The Bertz CT molecular complexity index is 920. The van der Waals surface area contributed by atoms with E-state index in [1.165, 1.54) is 13.2 Å². The van der Waals surface area contributed by atoms with Crippen LogP contribution in [0.4, 0.5) is 0 Å². The molecule has 0 saturated heterocycles. The predicted octanol–water partition coefficient (Wildman–Crippen LogP) is 3.79. The van der Waals surface area contributed by atoms with E-state index in [2.05, 4.69) is 26.0 Å². The Morgan fingerprint density at radius 1 is 1.25 bits per heavy atom. The predicted molar refractivity (Wildman–Crippen MR) is 108 cm³/mol. The van der Waals surface area contributed by atoms with Crippen molar-refractivity contribution in [2.24, 2.45) is 0 Å². The average molecular weight is 443 g/mol. The number of hydrogen-bond acceptors (Lipinski definition) is 5. The van der Waals surface area contributed by atoms with Gasteiger partial charge in [0.15, 0.2) is 6.61 Å². The van der Waals surface area contributed by atoms with E-state index in [1.54, 1.807) is 18.2 Å². The molecule has 1 N–H and O–H groups in total. The van der Waals surface area contributed by atoms with Gasteiger partial charge in [0.2, 0.25) is 0 Å². The van der Waals surface area contributed by atoms with Crippen LogP contribution >= 0.6 is 15.9 Å². The lowest BCUT2D eigenvalue weighted by molar-refractivity contribution is -0.142. The Morgan fingerprint density at radius 2 is 1.96 bits per heavy atom. The molecule has 0 bridgehead atoms. The van der Waals surface area contributed by atoms with Crippen molar-refractivity contribution in [1.29, 1.82) is 5.26 Å². The quantitative estimate of drug-likeness (QED) is 0.400. The first-order chi connectivity index (χ1) is 13.4. The summed E-state index contributed by atoms with van der Waals surface area (Å²) in [5.41, 5.74) is 1.57. The van der Waals surface area contributed by atoms with Gasteiger partial charge in [-0.1, -0.05) is 36.4 Å². The van der Waals surface area contributed by atoms with Gasteiger partial charge in [0, 0.05) is 0 Å². The fraction of sp³-hybridized carbons (Fsp3) is 0.190. The molecule has 0 heterocycles. The fourth-order valence-corrected chi connectivity index (χ4v) is 2.85. The molecule has 7 heteroatoms. The molecule has 0 aliphatic rings. The second-order valence-electron chi connectivity index (χ2n) is 5.83. The summed E-state index contributed by atoms with van der Waals surface area (Å²) < 4.78 is 10.4. The molecule has 0 radical (unpaired) electrons. The van der Waals surface area contributed by atoms with Crippen molar-refractivity contribution in [1.82, 2.24) is 5.32 Å². The van der Waals surface area contributed by atoms with Crippen LogP contribution in [0.1, 0.15) is 24.1 Å². The van der Waals surface area contributed by atoms with Crippen LogP contribution < -0.4 is 10.1 Å². The van der Waals surface area contributed by atoms with Gasteiger partial charge in [0.05, 0.1) is 17.6 Å². The van der Waals surface area contributed by atoms with Gasteiger partial charge in [-0.25, -0.2) is 4.79 Å². The molecule has 0 aromatic heterocycles. The molecular weight excluding hydrogens is 424 g/mol. The van der Waals surface area contributed by atoms with E-state index in [0.29, 0.717) is 15.8 Å². The Kier molecular flexibility index (Phi) is 7.78. The number of carbonyl (C=O) groups is 2. The second-order valence-corrected chi connectivity index (χ2v) is 6.68. The van der Waals surface area contributed by atoms with E-state index in [-0.39, 0.29) is 18.2 Å². The molecule has 2 rings (SSSR count). The molecule has 0 fully saturated rings. The minimum Gasteiger partial charge on any atom is -0.481 e. The van der Waals surface area contributed by atoms with Gasteiger partial charge in [0.25, 0.3) is 5.91 Å². The topological polar surface area (TPSA) is 88.4 Å². The van der Waals surface area contributed by atoms with Crippen molar-refractivity contribution in [2.75, 3.05) is 13.7 Å². The van der Waals surface area contributed by atoms with Crippen molar-refractivity contribution in [3.8, 4) is 11.8 Å². The van der Waals surface area contributed by atoms with E-state index in [1.807, 2.05) is 43.3 Å². The maximum atomic E-state index is 12.4. The zero-order chi connectivity index (χ0) is 20.5. The molecular formula is C21H19BrN2O4. The van der Waals surface area contributed by atoms with E-state index in [4.69, 9.17) is 4.74 Å². The number of rotatable bonds is 7. The third kappa shape index (κ3) is 5.96. The molecule has 28 heavy (non-hydrogen) atoms. The summed E-state index contributed by atoms with van der Waals surface area (Å²) in [6.07, 6.45) is 1.49. The largest absolute Gasteiger partial charge is 0.481 e. The SMILES string of the molecule is COC(=O)COc1ccc(/C=C(/C#N)C(=O)N[C@H](C)c2ccccc2)cc1Br. The third-order valence-corrected chi connectivity index (χ3v) is 4.47. The van der Waals surface area contributed by atoms with Gasteiger partial charge in [-0.3, -0.25) is 4.79 Å². The first-order valence-corrected chi connectivity index (χ1v) is 9.20. The summed E-state index contributed by atoms with van der Waals surface area (Å²) in [7, 11) is 1.28. The van der Waals surface area contributed by atoms with E-state index >= 15 is 0 Å². The normalized spacial score (nSPS) is 11.9. The van der Waals surface area contributed by atoms with Crippen LogP contribution in [0.2, 0.25) is 0 Å². The molecule has 6 nitrogen and oxygen atoms in total. The number of hydrogen-bond donors (Lipinski definition) is 1. The lowest BCUT2D eigenvalue weighted by atomic mass is 10.1. The lowest BCUT2D eigenvalue weighted by Crippen LogP contribution is -2.27. The maximum Gasteiger partial charge on any atom is 0.343 e. The highest BCUT2D eigenvalue weighted by molar-refractivity contribution is 9.10. The first kappa shape index (κ1) is 21.2. The number of carbonyl (C=O) groups excluding carboxylic acids is 2. The molecule has 2 aromatic rings. The Morgan fingerprint density at radius 3 is 2.57 bits per heavy atom. The Balaban J connectivity index is 2.10. The number of methoxy groups -OCH3 is 1.